The van der Waals surface area contributed by atoms with Gasteiger partial charge in [-0.15, -0.1) is 5.23 Å². The van der Waals surface area contributed by atoms with E-state index in [1.54, 1.807) is 24.4 Å². The molecule has 3 aliphatic heterocycles. The largest absolute Gasteiger partial charge is 0.454 e. The Morgan fingerprint density at radius 2 is 1.71 bits per heavy atom. The van der Waals surface area contributed by atoms with Crippen LogP contribution in [0.3, 0.4) is 0 Å². The fraction of sp³-hybridized carbons (Fsp3) is 0.404. The summed E-state index contributed by atoms with van der Waals surface area (Å²) >= 11 is 6.25. The van der Waals surface area contributed by atoms with E-state index in [0.29, 0.717) is 36.0 Å². The fourth-order valence-corrected chi connectivity index (χ4v) is 10.1. The zero-order chi connectivity index (χ0) is 43.6. The number of nitrogens with zero attached hydrogens (tertiary/aromatic N) is 5. The van der Waals surface area contributed by atoms with Crippen molar-refractivity contribution < 1.29 is 28.4 Å². The highest BCUT2D eigenvalue weighted by Gasteiger charge is 2.30. The number of para-hydroxylation sites is 1. The van der Waals surface area contributed by atoms with Gasteiger partial charge in [0.05, 0.1) is 16.1 Å². The summed E-state index contributed by atoms with van der Waals surface area (Å²) in [5.74, 6) is 0.121. The van der Waals surface area contributed by atoms with Crippen LogP contribution in [0.2, 0.25) is 5.02 Å². The Balaban J connectivity index is 1.00. The molecule has 328 valence electrons. The number of hydrogen-bond acceptors (Lipinski definition) is 12. The molecule has 0 spiro atoms. The number of carbonyl (C=O) groups is 1. The van der Waals surface area contributed by atoms with Gasteiger partial charge in [0, 0.05) is 68.7 Å². The minimum absolute atomic E-state index is 0.0139. The Kier molecular flexibility index (Phi) is 13.0. The lowest BCUT2D eigenvalue weighted by molar-refractivity contribution is 0.0294. The first-order valence-corrected chi connectivity index (χ1v) is 23.3. The predicted octanol–water partition coefficient (Wildman–Crippen LogP) is 8.63. The predicted molar refractivity (Wildman–Crippen MR) is 245 cm³/mol. The van der Waals surface area contributed by atoms with E-state index >= 15 is 0 Å². The highest BCUT2D eigenvalue weighted by molar-refractivity contribution is 7.90. The van der Waals surface area contributed by atoms with E-state index in [1.165, 1.54) is 28.8 Å². The summed E-state index contributed by atoms with van der Waals surface area (Å²) in [6, 6.07) is 22.9. The Morgan fingerprint density at radius 3 is 2.45 bits per heavy atom. The maximum atomic E-state index is 14.0. The number of hydrogen-bond donors (Lipinski definition) is 4. The maximum Gasteiger partial charge on any atom is 0.268 e. The van der Waals surface area contributed by atoms with E-state index in [2.05, 4.69) is 62.8 Å². The number of allylic oxidation sites excluding steroid dienone is 1. The molecular weight excluding hydrogens is 826 g/mol. The van der Waals surface area contributed by atoms with Gasteiger partial charge in [-0.3, -0.25) is 25.1 Å². The highest BCUT2D eigenvalue weighted by Crippen LogP contribution is 2.44. The van der Waals surface area contributed by atoms with Crippen molar-refractivity contribution in [1.29, 1.82) is 0 Å². The van der Waals surface area contributed by atoms with Crippen LogP contribution in [-0.4, -0.2) is 100 Å². The van der Waals surface area contributed by atoms with Crippen LogP contribution in [0.4, 0.5) is 22.7 Å². The first-order chi connectivity index (χ1) is 29.7. The van der Waals surface area contributed by atoms with Gasteiger partial charge in [-0.05, 0) is 129 Å². The van der Waals surface area contributed by atoms with Crippen LogP contribution >= 0.6 is 11.6 Å². The number of piperidine rings is 1. The summed E-state index contributed by atoms with van der Waals surface area (Å²) < 4.78 is 36.2. The Bertz CT molecular complexity index is 2460. The number of anilines is 3. The normalized spacial score (nSPS) is 18.5. The first kappa shape index (κ1) is 43.7. The third-order valence-electron chi connectivity index (χ3n) is 12.7. The van der Waals surface area contributed by atoms with Crippen LogP contribution in [0.15, 0.2) is 94.3 Å². The molecule has 2 fully saturated rings. The number of amides is 1. The van der Waals surface area contributed by atoms with Gasteiger partial charge in [0.2, 0.25) is 0 Å². The molecule has 15 heteroatoms. The van der Waals surface area contributed by atoms with Gasteiger partial charge in [0.25, 0.3) is 15.9 Å². The molecule has 0 saturated carbocycles. The van der Waals surface area contributed by atoms with Gasteiger partial charge in [-0.25, -0.2) is 13.1 Å². The van der Waals surface area contributed by atoms with Crippen molar-refractivity contribution in [1.82, 2.24) is 14.5 Å². The Morgan fingerprint density at radius 1 is 0.952 bits per heavy atom. The van der Waals surface area contributed by atoms with Crippen LogP contribution in [0.25, 0.3) is 5.57 Å². The first-order valence-electron chi connectivity index (χ1n) is 21.4. The number of aliphatic imine (C=N–C) groups is 1. The topological polar surface area (TPSA) is 150 Å². The second-order valence-corrected chi connectivity index (χ2v) is 19.9. The highest BCUT2D eigenvalue weighted by atomic mass is 35.5. The van der Waals surface area contributed by atoms with Crippen molar-refractivity contribution in [2.75, 3.05) is 74.8 Å². The number of fused-ring (bicyclic) bond motifs is 1. The second kappa shape index (κ2) is 18.4. The molecular formula is C47H56ClN7O6S. The van der Waals surface area contributed by atoms with Gasteiger partial charge in [0.1, 0.15) is 17.1 Å². The van der Waals surface area contributed by atoms with Gasteiger partial charge in [-0.1, -0.05) is 55.3 Å². The molecule has 0 atom stereocenters. The molecule has 13 nitrogen and oxygen atoms in total. The zero-order valence-electron chi connectivity index (χ0n) is 35.6. The minimum atomic E-state index is -4.49. The molecule has 1 amide bonds. The minimum Gasteiger partial charge on any atom is -0.454 e. The van der Waals surface area contributed by atoms with E-state index in [9.17, 15) is 23.6 Å². The van der Waals surface area contributed by atoms with Gasteiger partial charge in [-0.2, -0.15) is 0 Å². The van der Waals surface area contributed by atoms with Crippen molar-refractivity contribution in [2.45, 2.75) is 57.3 Å². The van der Waals surface area contributed by atoms with Gasteiger partial charge < -0.3 is 19.9 Å². The molecule has 1 aliphatic carbocycles. The van der Waals surface area contributed by atoms with Crippen LogP contribution in [-0.2, 0) is 16.4 Å². The molecule has 4 aromatic carbocycles. The summed E-state index contributed by atoms with van der Waals surface area (Å²) in [7, 11) is -2.40. The van der Waals surface area contributed by atoms with E-state index < -0.39 is 15.9 Å². The summed E-state index contributed by atoms with van der Waals surface area (Å²) in [6.45, 7) is 11.3. The number of ether oxygens (including phenoxy) is 1. The smallest absolute Gasteiger partial charge is 0.268 e. The number of nitrogens with one attached hydrogen (secondary N) is 2. The maximum absolute atomic E-state index is 14.0. The second-order valence-electron chi connectivity index (χ2n) is 17.8. The number of likely N-dealkylation sites (tertiary alicyclic amines) is 1. The fourth-order valence-electron chi connectivity index (χ4n) is 8.94. The lowest BCUT2D eigenvalue weighted by Gasteiger charge is -2.39. The Labute approximate surface area is 369 Å². The van der Waals surface area contributed by atoms with Crippen molar-refractivity contribution in [2.24, 2.45) is 16.3 Å². The summed E-state index contributed by atoms with van der Waals surface area (Å²) in [5.41, 5.74) is 7.07. The molecule has 0 aromatic heterocycles. The van der Waals surface area contributed by atoms with Crippen molar-refractivity contribution in [3.63, 3.8) is 0 Å². The molecule has 4 aromatic rings. The molecule has 0 bridgehead atoms. The molecule has 3 heterocycles. The van der Waals surface area contributed by atoms with Crippen molar-refractivity contribution in [3.8, 4) is 11.5 Å². The van der Waals surface area contributed by atoms with E-state index in [4.69, 9.17) is 16.3 Å². The number of piperazine rings is 1. The third-order valence-corrected chi connectivity index (χ3v) is 14.3. The van der Waals surface area contributed by atoms with Crippen LogP contribution < -0.4 is 24.9 Å². The molecule has 62 heavy (non-hydrogen) atoms. The number of halogens is 1. The number of benzene rings is 4. The van der Waals surface area contributed by atoms with Gasteiger partial charge in [0.15, 0.2) is 5.75 Å². The summed E-state index contributed by atoms with van der Waals surface area (Å²) in [4.78, 5) is 25.2. The summed E-state index contributed by atoms with van der Waals surface area (Å²) in [5, 5.41) is 24.0. The lowest BCUT2D eigenvalue weighted by Crippen LogP contribution is -2.47. The molecule has 0 radical (unpaired) electrons. The molecule has 4 N–H and O–H groups in total. The lowest BCUT2D eigenvalue weighted by atomic mass is 9.72. The van der Waals surface area contributed by atoms with Crippen LogP contribution in [0.1, 0.15) is 67.4 Å². The Hall–Kier alpha value is -4.96. The van der Waals surface area contributed by atoms with Crippen LogP contribution in [0, 0.1) is 11.3 Å². The quantitative estimate of drug-likeness (QED) is 0.0957. The molecule has 2 saturated heterocycles. The standard InChI is InChI=1S/C47H56ClN7O6S/c1-47(2)19-15-35(40(29-47)33-7-9-36(48)10-8-33)31-53-23-25-54(26-24-53)37-11-13-39(44(27-37)61-43-6-4-5-34-16-20-49-45(34)43)46(56)51-62(59,60)38-12-14-41(42(28-38)55(57)58)50-30-32-17-21-52(3)22-18-32/h4-14,20,27-28,32,50,57-58H,15-19,21-26,29-31H2,1-3H3,(H,51,56). The zero-order valence-corrected chi connectivity index (χ0v) is 37.2. The van der Waals surface area contributed by atoms with E-state index in [1.807, 2.05) is 30.3 Å². The van der Waals surface area contributed by atoms with Crippen molar-refractivity contribution >= 4 is 62.1 Å². The van der Waals surface area contributed by atoms with Gasteiger partial charge >= 0.3 is 0 Å². The molecule has 0 unspecified atom stereocenters. The van der Waals surface area contributed by atoms with Crippen LogP contribution in [0.5, 0.6) is 11.5 Å². The monoisotopic (exact) mass is 881 g/mol. The molecule has 8 rings (SSSR count). The molecule has 4 aliphatic rings. The third kappa shape index (κ3) is 10.1. The van der Waals surface area contributed by atoms with E-state index in [-0.39, 0.29) is 32.5 Å². The number of sulfonamides is 1. The van der Waals surface area contributed by atoms with E-state index in [0.717, 1.165) is 100 Å². The van der Waals surface area contributed by atoms with Crippen molar-refractivity contribution in [3.05, 3.63) is 106 Å². The number of carbonyl (C=O) groups excluding carboxylic acids is 1. The SMILES string of the molecule is CN1CCC(CNc2ccc(S(=O)(=O)NC(=O)c3ccc(N4CCN(CC5=C(c6ccc(Cl)cc6)CC(C)(C)CC5)CC4)cc3Oc3cccc4c3N=CC4)cc2N(O)O)CC1. The summed E-state index contributed by atoms with van der Waals surface area (Å²) in [6.07, 6.45) is 7.68. The number of rotatable bonds is 13. The average Bonchev–Trinajstić information content (AvgIpc) is 3.75. The average molecular weight is 883 g/mol.